The summed E-state index contributed by atoms with van der Waals surface area (Å²) in [4.78, 5) is 14.1. The molecule has 0 saturated heterocycles. The van der Waals surface area contributed by atoms with Crippen molar-refractivity contribution in [3.63, 3.8) is 0 Å². The van der Waals surface area contributed by atoms with Crippen LogP contribution < -0.4 is 5.43 Å². The number of para-hydroxylation sites is 1. The number of hydrazone groups is 1. The number of phenols is 1. The summed E-state index contributed by atoms with van der Waals surface area (Å²) in [5.74, 6) is -0.543. The Morgan fingerprint density at radius 2 is 1.58 bits per heavy atom. The molecule has 1 amide bonds. The molecular formula is C20H15ClN2O2S. The van der Waals surface area contributed by atoms with Crippen LogP contribution in [0.4, 0.5) is 0 Å². The predicted octanol–water partition coefficient (Wildman–Crippen LogP) is 4.96. The number of carbonyl (C=O) groups is 1. The van der Waals surface area contributed by atoms with E-state index in [9.17, 15) is 9.90 Å². The lowest BCUT2D eigenvalue weighted by atomic mass is 10.2. The largest absolute Gasteiger partial charge is 0.507 e. The number of phenolic OH excluding ortho intramolecular Hbond substituents is 1. The Morgan fingerprint density at radius 3 is 2.23 bits per heavy atom. The van der Waals surface area contributed by atoms with E-state index in [2.05, 4.69) is 10.5 Å². The van der Waals surface area contributed by atoms with Gasteiger partial charge < -0.3 is 5.11 Å². The SMILES string of the molecule is O=C(N/N=C/c1ccc(Sc2ccc(Cl)cc2)cc1)c1ccccc1O. The number of amides is 1. The molecule has 3 rings (SSSR count). The summed E-state index contributed by atoms with van der Waals surface area (Å²) in [5.41, 5.74) is 3.43. The van der Waals surface area contributed by atoms with E-state index in [1.165, 1.54) is 12.1 Å². The molecule has 0 fully saturated rings. The van der Waals surface area contributed by atoms with E-state index in [1.807, 2.05) is 48.5 Å². The highest BCUT2D eigenvalue weighted by Gasteiger charge is 2.08. The molecule has 0 aliphatic carbocycles. The Balaban J connectivity index is 1.58. The minimum atomic E-state index is -0.464. The molecule has 0 unspecified atom stereocenters. The van der Waals surface area contributed by atoms with Gasteiger partial charge in [0.25, 0.3) is 5.91 Å². The summed E-state index contributed by atoms with van der Waals surface area (Å²) < 4.78 is 0. The average Bonchev–Trinajstić information content (AvgIpc) is 2.65. The molecule has 6 heteroatoms. The van der Waals surface area contributed by atoms with Gasteiger partial charge in [-0.1, -0.05) is 47.6 Å². The molecule has 0 saturated carbocycles. The fraction of sp³-hybridized carbons (Fsp3) is 0. The lowest BCUT2D eigenvalue weighted by Gasteiger charge is -2.03. The molecule has 4 nitrogen and oxygen atoms in total. The standard InChI is InChI=1S/C20H15ClN2O2S/c21-15-7-11-17(12-8-15)26-16-9-5-14(6-10-16)13-22-23-20(25)18-3-1-2-4-19(18)24/h1-13,24H,(H,23,25)/b22-13+. The number of carbonyl (C=O) groups excluding carboxylic acids is 1. The summed E-state index contributed by atoms with van der Waals surface area (Å²) in [6.45, 7) is 0. The highest BCUT2D eigenvalue weighted by Crippen LogP contribution is 2.28. The Morgan fingerprint density at radius 1 is 0.962 bits per heavy atom. The summed E-state index contributed by atoms with van der Waals surface area (Å²) in [5, 5.41) is 14.3. The van der Waals surface area contributed by atoms with Gasteiger partial charge in [-0.3, -0.25) is 4.79 Å². The minimum Gasteiger partial charge on any atom is -0.507 e. The van der Waals surface area contributed by atoms with Crippen molar-refractivity contribution in [3.05, 3.63) is 88.9 Å². The third-order valence-electron chi connectivity index (χ3n) is 3.46. The molecule has 0 heterocycles. The minimum absolute atomic E-state index is 0.0798. The smallest absolute Gasteiger partial charge is 0.275 e. The molecule has 2 N–H and O–H groups in total. The maximum atomic E-state index is 11.9. The van der Waals surface area contributed by atoms with Gasteiger partial charge in [0, 0.05) is 14.8 Å². The van der Waals surface area contributed by atoms with Gasteiger partial charge in [-0.15, -0.1) is 0 Å². The van der Waals surface area contributed by atoms with Crippen LogP contribution >= 0.6 is 23.4 Å². The molecule has 0 aliphatic heterocycles. The van der Waals surface area contributed by atoms with Crippen LogP contribution in [0, 0.1) is 0 Å². The normalized spacial score (nSPS) is 10.8. The van der Waals surface area contributed by atoms with Gasteiger partial charge in [-0.25, -0.2) is 5.43 Å². The fourth-order valence-corrected chi connectivity index (χ4v) is 3.09. The van der Waals surface area contributed by atoms with Crippen LogP contribution in [0.2, 0.25) is 5.02 Å². The first kappa shape index (κ1) is 18.0. The Kier molecular flexibility index (Phi) is 5.94. The first-order chi connectivity index (χ1) is 12.6. The quantitative estimate of drug-likeness (QED) is 0.484. The van der Waals surface area contributed by atoms with Gasteiger partial charge in [0.2, 0.25) is 0 Å². The number of hydrogen-bond donors (Lipinski definition) is 2. The molecule has 0 bridgehead atoms. The number of nitrogens with zero attached hydrogens (tertiary/aromatic N) is 1. The second kappa shape index (κ2) is 8.56. The Hall–Kier alpha value is -2.76. The van der Waals surface area contributed by atoms with E-state index in [0.717, 1.165) is 15.4 Å². The molecule has 0 aromatic heterocycles. The fourth-order valence-electron chi connectivity index (χ4n) is 2.15. The van der Waals surface area contributed by atoms with Gasteiger partial charge in [0.05, 0.1) is 11.8 Å². The van der Waals surface area contributed by atoms with E-state index in [1.54, 1.807) is 30.1 Å². The van der Waals surface area contributed by atoms with E-state index in [4.69, 9.17) is 11.6 Å². The van der Waals surface area contributed by atoms with Gasteiger partial charge in [-0.2, -0.15) is 5.10 Å². The number of rotatable bonds is 5. The van der Waals surface area contributed by atoms with Crippen molar-refractivity contribution in [1.29, 1.82) is 0 Å². The zero-order chi connectivity index (χ0) is 18.4. The van der Waals surface area contributed by atoms with Crippen LogP contribution in [0.5, 0.6) is 5.75 Å². The average molecular weight is 383 g/mol. The second-order valence-corrected chi connectivity index (χ2v) is 6.92. The molecule has 26 heavy (non-hydrogen) atoms. The first-order valence-corrected chi connectivity index (χ1v) is 8.96. The highest BCUT2D eigenvalue weighted by atomic mass is 35.5. The van der Waals surface area contributed by atoms with Crippen molar-refractivity contribution < 1.29 is 9.90 Å². The topological polar surface area (TPSA) is 61.7 Å². The van der Waals surface area contributed by atoms with E-state index >= 15 is 0 Å². The van der Waals surface area contributed by atoms with Crippen molar-refractivity contribution >= 4 is 35.5 Å². The molecule has 3 aromatic rings. The second-order valence-electron chi connectivity index (χ2n) is 5.34. The van der Waals surface area contributed by atoms with Crippen molar-refractivity contribution in [1.82, 2.24) is 5.43 Å². The van der Waals surface area contributed by atoms with Crippen molar-refractivity contribution in [2.45, 2.75) is 9.79 Å². The summed E-state index contributed by atoms with van der Waals surface area (Å²) in [7, 11) is 0. The molecule has 3 aromatic carbocycles. The molecule has 0 atom stereocenters. The number of benzene rings is 3. The summed E-state index contributed by atoms with van der Waals surface area (Å²) >= 11 is 7.52. The summed E-state index contributed by atoms with van der Waals surface area (Å²) in [6.07, 6.45) is 1.55. The summed E-state index contributed by atoms with van der Waals surface area (Å²) in [6, 6.07) is 21.7. The third kappa shape index (κ3) is 4.88. The van der Waals surface area contributed by atoms with Crippen LogP contribution in [0.1, 0.15) is 15.9 Å². The monoisotopic (exact) mass is 382 g/mol. The zero-order valence-corrected chi connectivity index (χ0v) is 15.2. The Labute approximate surface area is 160 Å². The number of halogens is 1. The van der Waals surface area contributed by atoms with E-state index in [-0.39, 0.29) is 11.3 Å². The molecule has 130 valence electrons. The lowest BCUT2D eigenvalue weighted by Crippen LogP contribution is -2.17. The van der Waals surface area contributed by atoms with Gasteiger partial charge in [0.1, 0.15) is 5.75 Å². The number of nitrogens with one attached hydrogen (secondary N) is 1. The van der Waals surface area contributed by atoms with Crippen LogP contribution in [-0.4, -0.2) is 17.2 Å². The predicted molar refractivity (Wildman–Crippen MR) is 105 cm³/mol. The third-order valence-corrected chi connectivity index (χ3v) is 4.73. The number of hydrogen-bond acceptors (Lipinski definition) is 4. The van der Waals surface area contributed by atoms with Gasteiger partial charge in [0.15, 0.2) is 0 Å². The molecule has 0 aliphatic rings. The van der Waals surface area contributed by atoms with Gasteiger partial charge in [-0.05, 0) is 54.1 Å². The van der Waals surface area contributed by atoms with Crippen LogP contribution in [-0.2, 0) is 0 Å². The molecule has 0 spiro atoms. The van der Waals surface area contributed by atoms with E-state index < -0.39 is 5.91 Å². The van der Waals surface area contributed by atoms with Crippen LogP contribution in [0.3, 0.4) is 0 Å². The van der Waals surface area contributed by atoms with E-state index in [0.29, 0.717) is 5.02 Å². The first-order valence-electron chi connectivity index (χ1n) is 7.77. The molecule has 0 radical (unpaired) electrons. The highest BCUT2D eigenvalue weighted by molar-refractivity contribution is 7.99. The van der Waals surface area contributed by atoms with Gasteiger partial charge >= 0.3 is 0 Å². The molecular weight excluding hydrogens is 368 g/mol. The Bertz CT molecular complexity index is 925. The maximum absolute atomic E-state index is 11.9. The van der Waals surface area contributed by atoms with Crippen molar-refractivity contribution in [2.24, 2.45) is 5.10 Å². The van der Waals surface area contributed by atoms with Crippen LogP contribution in [0.15, 0.2) is 87.7 Å². The van der Waals surface area contributed by atoms with Crippen molar-refractivity contribution in [2.75, 3.05) is 0 Å². The van der Waals surface area contributed by atoms with Crippen LogP contribution in [0.25, 0.3) is 0 Å². The maximum Gasteiger partial charge on any atom is 0.275 e. The lowest BCUT2D eigenvalue weighted by molar-refractivity contribution is 0.0952. The van der Waals surface area contributed by atoms with Crippen molar-refractivity contribution in [3.8, 4) is 5.75 Å². The zero-order valence-electron chi connectivity index (χ0n) is 13.6. The number of aromatic hydroxyl groups is 1.